The van der Waals surface area contributed by atoms with E-state index in [1.54, 1.807) is 0 Å². The molecule has 1 aliphatic carbocycles. The number of hydrogen-bond donors (Lipinski definition) is 2. The van der Waals surface area contributed by atoms with Crippen molar-refractivity contribution in [2.24, 2.45) is 0 Å². The number of rotatable bonds is 6. The largest absolute Gasteiger partial charge is 0.350 e. The first-order chi connectivity index (χ1) is 15.8. The molecule has 2 aliphatic rings. The summed E-state index contributed by atoms with van der Waals surface area (Å²) in [6, 6.07) is 3.36. The van der Waals surface area contributed by atoms with E-state index in [2.05, 4.69) is 20.2 Å². The summed E-state index contributed by atoms with van der Waals surface area (Å²) in [6.45, 7) is 1.92. The van der Waals surface area contributed by atoms with Crippen molar-refractivity contribution in [3.8, 4) is 0 Å². The van der Waals surface area contributed by atoms with Gasteiger partial charge in [-0.15, -0.1) is 0 Å². The van der Waals surface area contributed by atoms with Gasteiger partial charge >= 0.3 is 0 Å². The minimum atomic E-state index is -3.64. The molecule has 1 saturated carbocycles. The van der Waals surface area contributed by atoms with Crippen LogP contribution in [0.4, 0.5) is 8.78 Å². The van der Waals surface area contributed by atoms with Crippen molar-refractivity contribution >= 4 is 15.9 Å². The highest BCUT2D eigenvalue weighted by Crippen LogP contribution is 2.34. The molecule has 0 bridgehead atoms. The molecule has 2 heterocycles. The van der Waals surface area contributed by atoms with Gasteiger partial charge in [-0.2, -0.15) is 4.31 Å². The van der Waals surface area contributed by atoms with Gasteiger partial charge in [-0.05, 0) is 25.0 Å². The molecule has 2 N–H and O–H groups in total. The molecule has 1 aromatic carbocycles. The molecule has 1 saturated heterocycles. The normalized spacial score (nSPS) is 20.3. The lowest BCUT2D eigenvalue weighted by molar-refractivity contribution is 0.0390. The number of H-pyrrole nitrogens is 1. The van der Waals surface area contributed by atoms with Crippen molar-refractivity contribution in [1.29, 1.82) is 0 Å². The Morgan fingerprint density at radius 3 is 2.27 bits per heavy atom. The molecule has 0 unspecified atom stereocenters. The molecule has 0 spiro atoms. The highest BCUT2D eigenvalue weighted by Gasteiger charge is 2.41. The summed E-state index contributed by atoms with van der Waals surface area (Å²) in [5.41, 5.74) is -0.950. The van der Waals surface area contributed by atoms with Crippen LogP contribution >= 0.6 is 0 Å². The Labute approximate surface area is 192 Å². The monoisotopic (exact) mass is 481 g/mol. The van der Waals surface area contributed by atoms with Crippen molar-refractivity contribution in [2.75, 3.05) is 32.7 Å². The number of benzene rings is 1. The number of carbonyl (C=O) groups is 1. The zero-order valence-electron chi connectivity index (χ0n) is 18.4. The molecule has 2 aromatic rings. The molecule has 0 radical (unpaired) electrons. The third kappa shape index (κ3) is 4.95. The molecule has 1 aliphatic heterocycles. The van der Waals surface area contributed by atoms with Gasteiger partial charge in [0.15, 0.2) is 5.03 Å². The van der Waals surface area contributed by atoms with E-state index in [9.17, 15) is 22.0 Å². The summed E-state index contributed by atoms with van der Waals surface area (Å²) >= 11 is 0. The van der Waals surface area contributed by atoms with Gasteiger partial charge in [-0.25, -0.2) is 22.2 Å². The van der Waals surface area contributed by atoms with Gasteiger partial charge < -0.3 is 10.3 Å². The predicted octanol–water partition coefficient (Wildman–Crippen LogP) is 2.52. The fraction of sp³-hybridized carbons (Fsp3) is 0.545. The lowest BCUT2D eigenvalue weighted by Gasteiger charge is -2.47. The fourth-order valence-electron chi connectivity index (χ4n) is 4.97. The first-order valence-corrected chi connectivity index (χ1v) is 12.7. The summed E-state index contributed by atoms with van der Waals surface area (Å²) in [5.74, 6) is -2.55. The molecular formula is C22H29F2N5O3S. The van der Waals surface area contributed by atoms with Crippen LogP contribution < -0.4 is 5.32 Å². The average Bonchev–Trinajstić information content (AvgIpc) is 3.25. The summed E-state index contributed by atoms with van der Waals surface area (Å²) in [5, 5.41) is 2.84. The molecule has 1 aromatic heterocycles. The van der Waals surface area contributed by atoms with E-state index in [1.807, 2.05) is 0 Å². The number of nitrogens with one attached hydrogen (secondary N) is 2. The standard InChI is InChI=1S/C22H29F2N5O3S/c23-17-6-5-7-18(24)20(17)21(30)26-15-22(8-3-1-2-4-9-22)28-10-12-29(13-11-28)33(31,32)19-14-25-16-27-19/h5-7,14,16H,1-4,8-13,15H2,(H,25,27)(H,26,30). The number of aromatic amines is 1. The number of carbonyl (C=O) groups excluding carboxylic acids is 1. The molecule has 2 fully saturated rings. The van der Waals surface area contributed by atoms with Crippen molar-refractivity contribution in [3.05, 3.63) is 47.9 Å². The number of aromatic nitrogens is 2. The zero-order chi connectivity index (χ0) is 23.5. The molecule has 0 atom stereocenters. The molecule has 1 amide bonds. The van der Waals surface area contributed by atoms with E-state index in [0.717, 1.165) is 50.7 Å². The van der Waals surface area contributed by atoms with Crippen LogP contribution in [0.5, 0.6) is 0 Å². The molecule has 180 valence electrons. The van der Waals surface area contributed by atoms with Gasteiger partial charge in [0.2, 0.25) is 0 Å². The quantitative estimate of drug-likeness (QED) is 0.618. The summed E-state index contributed by atoms with van der Waals surface area (Å²) in [7, 11) is -3.64. The SMILES string of the molecule is O=C(NCC1(N2CCN(S(=O)(=O)c3cnc[nH]3)CC2)CCCCCC1)c1c(F)cccc1F. The Kier molecular flexibility index (Phi) is 7.10. The number of amides is 1. The zero-order valence-corrected chi connectivity index (χ0v) is 19.2. The van der Waals surface area contributed by atoms with Crippen LogP contribution in [0.3, 0.4) is 0 Å². The molecule has 8 nitrogen and oxygen atoms in total. The van der Waals surface area contributed by atoms with Crippen molar-refractivity contribution in [2.45, 2.75) is 49.1 Å². The van der Waals surface area contributed by atoms with E-state index < -0.39 is 33.1 Å². The summed E-state index contributed by atoms with van der Waals surface area (Å²) in [4.78, 5) is 21.4. The Balaban J connectivity index is 1.48. The highest BCUT2D eigenvalue weighted by molar-refractivity contribution is 7.89. The van der Waals surface area contributed by atoms with Crippen LogP contribution in [0.15, 0.2) is 35.7 Å². The van der Waals surface area contributed by atoms with Gasteiger partial charge in [0.1, 0.15) is 17.2 Å². The Morgan fingerprint density at radius 2 is 1.70 bits per heavy atom. The number of piperazine rings is 1. The third-order valence-electron chi connectivity index (χ3n) is 6.80. The number of hydrogen-bond acceptors (Lipinski definition) is 5. The first kappa shape index (κ1) is 23.8. The second kappa shape index (κ2) is 9.86. The van der Waals surface area contributed by atoms with Crippen LogP contribution in [-0.4, -0.2) is 71.8 Å². The Morgan fingerprint density at radius 1 is 1.06 bits per heavy atom. The van der Waals surface area contributed by atoms with Crippen LogP contribution in [0.2, 0.25) is 0 Å². The van der Waals surface area contributed by atoms with Crippen molar-refractivity contribution in [3.63, 3.8) is 0 Å². The Hall–Kier alpha value is -2.37. The Bertz CT molecular complexity index is 1040. The maximum atomic E-state index is 14.1. The summed E-state index contributed by atoms with van der Waals surface area (Å²) < 4.78 is 55.2. The molecule has 4 rings (SSSR count). The number of imidazole rings is 1. The van der Waals surface area contributed by atoms with Crippen molar-refractivity contribution in [1.82, 2.24) is 24.5 Å². The topological polar surface area (TPSA) is 98.4 Å². The van der Waals surface area contributed by atoms with Crippen LogP contribution in [0.25, 0.3) is 0 Å². The highest BCUT2D eigenvalue weighted by atomic mass is 32.2. The van der Waals surface area contributed by atoms with Gasteiger partial charge in [0.05, 0.1) is 12.5 Å². The minimum Gasteiger partial charge on any atom is -0.350 e. The summed E-state index contributed by atoms with van der Waals surface area (Å²) in [6.07, 6.45) is 8.45. The molecular weight excluding hydrogens is 452 g/mol. The van der Waals surface area contributed by atoms with Gasteiger partial charge in [0.25, 0.3) is 15.9 Å². The van der Waals surface area contributed by atoms with Crippen LogP contribution in [0.1, 0.15) is 48.9 Å². The first-order valence-electron chi connectivity index (χ1n) is 11.3. The fourth-order valence-corrected chi connectivity index (χ4v) is 6.28. The van der Waals surface area contributed by atoms with Gasteiger partial charge in [0, 0.05) is 38.3 Å². The minimum absolute atomic E-state index is 0.0688. The number of nitrogens with zero attached hydrogens (tertiary/aromatic N) is 3. The number of sulfonamides is 1. The van der Waals surface area contributed by atoms with Gasteiger partial charge in [-0.1, -0.05) is 31.7 Å². The second-order valence-corrected chi connectivity index (χ2v) is 10.6. The second-order valence-electron chi connectivity index (χ2n) is 8.72. The van der Waals surface area contributed by atoms with Crippen LogP contribution in [0, 0.1) is 11.6 Å². The number of halogens is 2. The van der Waals surface area contributed by atoms with Crippen molar-refractivity contribution < 1.29 is 22.0 Å². The van der Waals surface area contributed by atoms with E-state index >= 15 is 0 Å². The smallest absolute Gasteiger partial charge is 0.260 e. The molecule has 11 heteroatoms. The van der Waals surface area contributed by atoms with Gasteiger partial charge in [-0.3, -0.25) is 9.69 Å². The van der Waals surface area contributed by atoms with E-state index in [1.165, 1.54) is 22.9 Å². The third-order valence-corrected chi connectivity index (χ3v) is 8.63. The van der Waals surface area contributed by atoms with E-state index in [-0.39, 0.29) is 17.1 Å². The molecule has 33 heavy (non-hydrogen) atoms. The predicted molar refractivity (Wildman–Crippen MR) is 118 cm³/mol. The maximum Gasteiger partial charge on any atom is 0.260 e. The lowest BCUT2D eigenvalue weighted by Crippen LogP contribution is -2.61. The van der Waals surface area contributed by atoms with E-state index in [0.29, 0.717) is 26.2 Å². The van der Waals surface area contributed by atoms with E-state index in [4.69, 9.17) is 0 Å². The van der Waals surface area contributed by atoms with Crippen LogP contribution in [-0.2, 0) is 10.0 Å². The lowest BCUT2D eigenvalue weighted by atomic mass is 9.87. The average molecular weight is 482 g/mol. The maximum absolute atomic E-state index is 14.1.